The molecule has 0 saturated carbocycles. The summed E-state index contributed by atoms with van der Waals surface area (Å²) in [5, 5.41) is 2.78. The average Bonchev–Trinajstić information content (AvgIpc) is 2.64. The number of halogens is 1. The van der Waals surface area contributed by atoms with Crippen molar-refractivity contribution in [3.05, 3.63) is 64.1 Å². The van der Waals surface area contributed by atoms with Gasteiger partial charge in [0.1, 0.15) is 12.6 Å². The molecule has 1 N–H and O–H groups in total. The van der Waals surface area contributed by atoms with Gasteiger partial charge in [-0.25, -0.2) is 4.79 Å². The lowest BCUT2D eigenvalue weighted by molar-refractivity contribution is -0.148. The summed E-state index contributed by atoms with van der Waals surface area (Å²) in [5.41, 5.74) is 1.40. The largest absolute Gasteiger partial charge is 0.459 e. The van der Waals surface area contributed by atoms with Gasteiger partial charge in [0.15, 0.2) is 0 Å². The molecule has 0 bridgehead atoms. The maximum atomic E-state index is 12.5. The van der Waals surface area contributed by atoms with Crippen molar-refractivity contribution in [2.75, 3.05) is 6.26 Å². The molecule has 138 valence electrons. The number of hydrogen-bond acceptors (Lipinski definition) is 4. The lowest BCUT2D eigenvalue weighted by Crippen LogP contribution is -2.45. The Hall–Kier alpha value is -1.79. The molecule has 0 radical (unpaired) electrons. The van der Waals surface area contributed by atoms with E-state index in [9.17, 15) is 9.59 Å². The number of ether oxygens (including phenoxy) is 1. The van der Waals surface area contributed by atoms with Gasteiger partial charge in [-0.05, 0) is 57.9 Å². The SMILES string of the molecule is CSc1ccc(COC(=O)[C@@H](NC(=O)c2ccccc2Br)C(C)C)cc1. The number of benzene rings is 2. The van der Waals surface area contributed by atoms with Crippen LogP contribution in [0.1, 0.15) is 29.8 Å². The lowest BCUT2D eigenvalue weighted by atomic mass is 10.0. The Morgan fingerprint density at radius 3 is 2.35 bits per heavy atom. The van der Waals surface area contributed by atoms with Gasteiger partial charge in [0.05, 0.1) is 5.56 Å². The summed E-state index contributed by atoms with van der Waals surface area (Å²) in [6, 6.07) is 14.2. The van der Waals surface area contributed by atoms with Gasteiger partial charge < -0.3 is 10.1 Å². The van der Waals surface area contributed by atoms with Gasteiger partial charge in [-0.2, -0.15) is 0 Å². The zero-order chi connectivity index (χ0) is 19.1. The number of nitrogens with one attached hydrogen (secondary N) is 1. The highest BCUT2D eigenvalue weighted by Crippen LogP contribution is 2.18. The Labute approximate surface area is 166 Å². The second-order valence-electron chi connectivity index (χ2n) is 6.13. The first-order valence-electron chi connectivity index (χ1n) is 8.27. The van der Waals surface area contributed by atoms with Crippen LogP contribution >= 0.6 is 27.7 Å². The highest BCUT2D eigenvalue weighted by atomic mass is 79.9. The van der Waals surface area contributed by atoms with Crippen LogP contribution in [-0.2, 0) is 16.1 Å². The van der Waals surface area contributed by atoms with Crippen LogP contribution in [0.5, 0.6) is 0 Å². The molecule has 4 nitrogen and oxygen atoms in total. The Morgan fingerprint density at radius 2 is 1.77 bits per heavy atom. The molecule has 26 heavy (non-hydrogen) atoms. The Balaban J connectivity index is 2.00. The van der Waals surface area contributed by atoms with Crippen molar-refractivity contribution in [3.8, 4) is 0 Å². The lowest BCUT2D eigenvalue weighted by Gasteiger charge is -2.21. The Morgan fingerprint density at radius 1 is 1.12 bits per heavy atom. The van der Waals surface area contributed by atoms with Gasteiger partial charge in [0.2, 0.25) is 0 Å². The highest BCUT2D eigenvalue weighted by molar-refractivity contribution is 9.10. The van der Waals surface area contributed by atoms with Crippen LogP contribution in [0.2, 0.25) is 0 Å². The van der Waals surface area contributed by atoms with Crippen molar-refractivity contribution in [3.63, 3.8) is 0 Å². The molecular weight excluding hydrogens is 414 g/mol. The van der Waals surface area contributed by atoms with Gasteiger partial charge in [-0.15, -0.1) is 11.8 Å². The summed E-state index contributed by atoms with van der Waals surface area (Å²) in [5.74, 6) is -0.834. The van der Waals surface area contributed by atoms with Crippen LogP contribution in [0.25, 0.3) is 0 Å². The molecular formula is C20H22BrNO3S. The van der Waals surface area contributed by atoms with Gasteiger partial charge in [-0.3, -0.25) is 4.79 Å². The number of carbonyl (C=O) groups excluding carboxylic acids is 2. The first-order chi connectivity index (χ1) is 12.4. The number of rotatable bonds is 7. The summed E-state index contributed by atoms with van der Waals surface area (Å²) >= 11 is 5.01. The first-order valence-corrected chi connectivity index (χ1v) is 10.3. The number of esters is 1. The van der Waals surface area contributed by atoms with Crippen LogP contribution in [0.3, 0.4) is 0 Å². The van der Waals surface area contributed by atoms with E-state index in [-0.39, 0.29) is 18.4 Å². The molecule has 2 aromatic carbocycles. The zero-order valence-corrected chi connectivity index (χ0v) is 17.4. The molecule has 0 aliphatic carbocycles. The third kappa shape index (κ3) is 5.61. The first kappa shape index (κ1) is 20.5. The van der Waals surface area contributed by atoms with E-state index in [0.29, 0.717) is 10.0 Å². The van der Waals surface area contributed by atoms with Crippen molar-refractivity contribution in [2.45, 2.75) is 31.4 Å². The van der Waals surface area contributed by atoms with Crippen LogP contribution in [0.15, 0.2) is 57.9 Å². The minimum atomic E-state index is -0.708. The van der Waals surface area contributed by atoms with Gasteiger partial charge >= 0.3 is 5.97 Å². The smallest absolute Gasteiger partial charge is 0.329 e. The fourth-order valence-corrected chi connectivity index (χ4v) is 3.20. The summed E-state index contributed by atoms with van der Waals surface area (Å²) in [7, 11) is 0. The highest BCUT2D eigenvalue weighted by Gasteiger charge is 2.26. The summed E-state index contributed by atoms with van der Waals surface area (Å²) in [4.78, 5) is 26.1. The monoisotopic (exact) mass is 435 g/mol. The predicted octanol–water partition coefficient (Wildman–Crippen LogP) is 4.67. The molecule has 0 unspecified atom stereocenters. The van der Waals surface area contributed by atoms with E-state index in [1.54, 1.807) is 30.0 Å². The second-order valence-corrected chi connectivity index (χ2v) is 7.86. The van der Waals surface area contributed by atoms with E-state index in [0.717, 1.165) is 10.5 Å². The van der Waals surface area contributed by atoms with Crippen molar-refractivity contribution in [2.24, 2.45) is 5.92 Å². The van der Waals surface area contributed by atoms with E-state index in [2.05, 4.69) is 21.2 Å². The number of hydrogen-bond donors (Lipinski definition) is 1. The van der Waals surface area contributed by atoms with Crippen molar-refractivity contribution in [1.29, 1.82) is 0 Å². The predicted molar refractivity (Wildman–Crippen MR) is 108 cm³/mol. The molecule has 0 saturated heterocycles. The summed E-state index contributed by atoms with van der Waals surface area (Å²) in [6.07, 6.45) is 2.01. The van der Waals surface area contributed by atoms with Crippen LogP contribution in [0, 0.1) is 5.92 Å². The van der Waals surface area contributed by atoms with E-state index in [4.69, 9.17) is 4.74 Å². The number of carbonyl (C=O) groups is 2. The van der Waals surface area contributed by atoms with E-state index >= 15 is 0 Å². The van der Waals surface area contributed by atoms with E-state index in [1.165, 1.54) is 0 Å². The number of amides is 1. The minimum Gasteiger partial charge on any atom is -0.459 e. The third-order valence-corrected chi connectivity index (χ3v) is 5.30. The maximum absolute atomic E-state index is 12.5. The fourth-order valence-electron chi connectivity index (χ4n) is 2.33. The van der Waals surface area contributed by atoms with Crippen LogP contribution in [-0.4, -0.2) is 24.2 Å². The van der Waals surface area contributed by atoms with Gasteiger partial charge in [-0.1, -0.05) is 38.1 Å². The second kappa shape index (κ2) is 9.78. The average molecular weight is 436 g/mol. The van der Waals surface area contributed by atoms with E-state index < -0.39 is 12.0 Å². The quantitative estimate of drug-likeness (QED) is 0.506. The molecule has 6 heteroatoms. The molecule has 2 aromatic rings. The maximum Gasteiger partial charge on any atom is 0.329 e. The number of thioether (sulfide) groups is 1. The minimum absolute atomic E-state index is 0.0900. The van der Waals surface area contributed by atoms with Gasteiger partial charge in [0, 0.05) is 9.37 Å². The van der Waals surface area contributed by atoms with Crippen LogP contribution in [0.4, 0.5) is 0 Å². The standard InChI is InChI=1S/C20H22BrNO3S/c1-13(2)18(22-19(23)16-6-4-5-7-17(16)21)20(24)25-12-14-8-10-15(26-3)11-9-14/h4-11,13,18H,12H2,1-3H3,(H,22,23)/t18-/m0/s1. The Kier molecular flexibility index (Phi) is 7.72. The van der Waals surface area contributed by atoms with E-state index in [1.807, 2.05) is 50.4 Å². The molecule has 0 heterocycles. The Bertz CT molecular complexity index is 762. The summed E-state index contributed by atoms with van der Waals surface area (Å²) in [6.45, 7) is 3.93. The van der Waals surface area contributed by atoms with Crippen molar-refractivity contribution in [1.82, 2.24) is 5.32 Å². The topological polar surface area (TPSA) is 55.4 Å². The molecule has 1 amide bonds. The zero-order valence-electron chi connectivity index (χ0n) is 15.0. The normalized spacial score (nSPS) is 11.9. The van der Waals surface area contributed by atoms with Crippen molar-refractivity contribution >= 4 is 39.6 Å². The molecule has 0 aliphatic heterocycles. The molecule has 0 aliphatic rings. The van der Waals surface area contributed by atoms with Crippen molar-refractivity contribution < 1.29 is 14.3 Å². The molecule has 1 atom stereocenters. The summed E-state index contributed by atoms with van der Waals surface area (Å²) < 4.78 is 6.10. The molecule has 0 fully saturated rings. The van der Waals surface area contributed by atoms with Crippen LogP contribution < -0.4 is 5.32 Å². The molecule has 0 aromatic heterocycles. The van der Waals surface area contributed by atoms with Gasteiger partial charge in [0.25, 0.3) is 5.91 Å². The fraction of sp³-hybridized carbons (Fsp3) is 0.300. The molecule has 0 spiro atoms. The third-order valence-electron chi connectivity index (χ3n) is 3.87. The molecule has 2 rings (SSSR count).